The number of nitrogens with zero attached hydrogens (tertiary/aromatic N) is 3. The average Bonchev–Trinajstić information content (AvgIpc) is 3.27. The Hall–Kier alpha value is -4.51. The Morgan fingerprint density at radius 3 is 2.62 bits per heavy atom. The summed E-state index contributed by atoms with van der Waals surface area (Å²) in [5.74, 6) is -0.436. The van der Waals surface area contributed by atoms with Gasteiger partial charge in [0.1, 0.15) is 23.4 Å². The summed E-state index contributed by atoms with van der Waals surface area (Å²) >= 11 is 1.15. The first-order chi connectivity index (χ1) is 18.9. The normalized spacial score (nSPS) is 15.6. The zero-order chi connectivity index (χ0) is 27.4. The summed E-state index contributed by atoms with van der Waals surface area (Å²) in [5, 5.41) is 5.99. The van der Waals surface area contributed by atoms with Crippen LogP contribution < -0.4 is 15.4 Å². The number of aliphatic imine (C=N–C) groups is 2. The first-order valence-electron chi connectivity index (χ1n) is 12.1. The lowest BCUT2D eigenvalue weighted by atomic mass is 10.1. The van der Waals surface area contributed by atoms with Crippen LogP contribution >= 0.6 is 11.8 Å². The van der Waals surface area contributed by atoms with Crippen molar-refractivity contribution in [3.8, 4) is 5.75 Å². The quantitative estimate of drug-likeness (QED) is 0.445. The van der Waals surface area contributed by atoms with Gasteiger partial charge < -0.3 is 15.4 Å². The molecule has 0 aromatic heterocycles. The van der Waals surface area contributed by atoms with Gasteiger partial charge in [-0.05, 0) is 42.0 Å². The number of amides is 3. The first kappa shape index (κ1) is 26.1. The predicted octanol–water partition coefficient (Wildman–Crippen LogP) is 3.87. The highest BCUT2D eigenvalue weighted by atomic mass is 32.2. The van der Waals surface area contributed by atoms with Crippen molar-refractivity contribution in [1.29, 1.82) is 0 Å². The van der Waals surface area contributed by atoms with E-state index in [2.05, 4.69) is 15.6 Å². The second kappa shape index (κ2) is 11.5. The molecule has 11 heteroatoms. The number of para-hydroxylation sites is 1. The van der Waals surface area contributed by atoms with Crippen LogP contribution in [0.1, 0.15) is 17.5 Å². The molecule has 9 nitrogen and oxygen atoms in total. The van der Waals surface area contributed by atoms with E-state index in [0.717, 1.165) is 17.3 Å². The number of methoxy groups -OCH3 is 1. The molecule has 0 bridgehead atoms. The van der Waals surface area contributed by atoms with E-state index in [-0.39, 0.29) is 36.4 Å². The highest BCUT2D eigenvalue weighted by Gasteiger charge is 2.42. The topological polar surface area (TPSA) is 112 Å². The Bertz CT molecular complexity index is 1490. The molecular weight excluding hydrogens is 521 g/mol. The Kier molecular flexibility index (Phi) is 7.69. The maximum absolute atomic E-state index is 13.2. The number of halogens is 1. The largest absolute Gasteiger partial charge is 0.497 e. The van der Waals surface area contributed by atoms with Gasteiger partial charge in [0.05, 0.1) is 25.0 Å². The molecule has 0 spiro atoms. The number of amidine groups is 2. The minimum atomic E-state index is -0.908. The Morgan fingerprint density at radius 1 is 1.03 bits per heavy atom. The number of carbonyl (C=O) groups excluding carboxylic acids is 3. The molecule has 3 aromatic rings. The number of carbonyl (C=O) groups is 3. The van der Waals surface area contributed by atoms with Gasteiger partial charge in [0.15, 0.2) is 5.17 Å². The van der Waals surface area contributed by atoms with Crippen LogP contribution in [0.4, 0.5) is 15.8 Å². The number of anilines is 1. The minimum Gasteiger partial charge on any atom is -0.497 e. The van der Waals surface area contributed by atoms with Gasteiger partial charge in [0.2, 0.25) is 11.8 Å². The van der Waals surface area contributed by atoms with E-state index >= 15 is 0 Å². The average molecular weight is 546 g/mol. The molecule has 198 valence electrons. The molecule has 0 radical (unpaired) electrons. The van der Waals surface area contributed by atoms with Gasteiger partial charge in [-0.15, -0.1) is 0 Å². The standard InChI is InChI=1S/C28H24FN5O4S/c1-38-20-6-4-5-19(13-20)31-25(36)16-39-28-32-22-8-3-2-7-21(22)26-33-27(37)23(34(26)28)14-24(35)30-15-17-9-11-18(29)12-10-17/h2-13,23H,14-16H2,1H3,(H,30,35)(H,31,36). The molecular formula is C28H24FN5O4S. The van der Waals surface area contributed by atoms with Gasteiger partial charge in [-0.1, -0.05) is 42.1 Å². The third kappa shape index (κ3) is 5.99. The highest BCUT2D eigenvalue weighted by Crippen LogP contribution is 2.35. The fourth-order valence-electron chi connectivity index (χ4n) is 4.18. The summed E-state index contributed by atoms with van der Waals surface area (Å²) in [4.78, 5) is 49.1. The van der Waals surface area contributed by atoms with E-state index in [4.69, 9.17) is 9.73 Å². The summed E-state index contributed by atoms with van der Waals surface area (Å²) in [6, 6.07) is 19.2. The van der Waals surface area contributed by atoms with Gasteiger partial charge in [-0.3, -0.25) is 19.3 Å². The van der Waals surface area contributed by atoms with Crippen LogP contribution in [0, 0.1) is 5.82 Å². The summed E-state index contributed by atoms with van der Waals surface area (Å²) in [5.41, 5.74) is 2.61. The van der Waals surface area contributed by atoms with Crippen LogP contribution in [0.25, 0.3) is 0 Å². The molecule has 0 fully saturated rings. The van der Waals surface area contributed by atoms with Crippen LogP contribution in [0.3, 0.4) is 0 Å². The maximum atomic E-state index is 13.2. The molecule has 2 N–H and O–H groups in total. The number of nitrogens with one attached hydrogen (secondary N) is 2. The monoisotopic (exact) mass is 545 g/mol. The van der Waals surface area contributed by atoms with Crippen LogP contribution in [-0.2, 0) is 20.9 Å². The van der Waals surface area contributed by atoms with E-state index < -0.39 is 11.9 Å². The molecule has 1 atom stereocenters. The van der Waals surface area contributed by atoms with Crippen LogP contribution in [0.5, 0.6) is 5.75 Å². The van der Waals surface area contributed by atoms with Crippen molar-refractivity contribution in [1.82, 2.24) is 10.2 Å². The summed E-state index contributed by atoms with van der Waals surface area (Å²) in [6.45, 7) is 0.191. The molecule has 1 unspecified atom stereocenters. The Balaban J connectivity index is 1.30. The summed E-state index contributed by atoms with van der Waals surface area (Å²) < 4.78 is 18.4. The van der Waals surface area contributed by atoms with Crippen molar-refractivity contribution in [2.45, 2.75) is 19.0 Å². The number of hydrogen-bond acceptors (Lipinski definition) is 7. The van der Waals surface area contributed by atoms with Crippen LogP contribution in [0.2, 0.25) is 0 Å². The van der Waals surface area contributed by atoms with Gasteiger partial charge in [-0.2, -0.15) is 4.99 Å². The zero-order valence-electron chi connectivity index (χ0n) is 20.9. The van der Waals surface area contributed by atoms with E-state index in [0.29, 0.717) is 33.7 Å². The van der Waals surface area contributed by atoms with Gasteiger partial charge >= 0.3 is 0 Å². The van der Waals surface area contributed by atoms with Crippen molar-refractivity contribution < 1.29 is 23.5 Å². The second-order valence-electron chi connectivity index (χ2n) is 8.75. The molecule has 2 aliphatic rings. The van der Waals surface area contributed by atoms with Crippen molar-refractivity contribution in [2.24, 2.45) is 9.98 Å². The number of fused-ring (bicyclic) bond motifs is 3. The smallest absolute Gasteiger partial charge is 0.271 e. The number of ether oxygens (including phenoxy) is 1. The van der Waals surface area contributed by atoms with Gasteiger partial charge in [-0.25, -0.2) is 9.38 Å². The van der Waals surface area contributed by atoms with Gasteiger partial charge in [0, 0.05) is 23.9 Å². The van der Waals surface area contributed by atoms with Gasteiger partial charge in [0.25, 0.3) is 5.91 Å². The molecule has 0 saturated heterocycles. The molecule has 0 aliphatic carbocycles. The first-order valence-corrected chi connectivity index (χ1v) is 13.1. The fraction of sp³-hybridized carbons (Fsp3) is 0.179. The van der Waals surface area contributed by atoms with E-state index in [1.54, 1.807) is 54.5 Å². The third-order valence-electron chi connectivity index (χ3n) is 6.08. The summed E-state index contributed by atoms with van der Waals surface area (Å²) in [6.07, 6.45) is -0.162. The number of hydrogen-bond donors (Lipinski definition) is 2. The number of thioether (sulfide) groups is 1. The number of benzene rings is 3. The molecule has 2 aliphatic heterocycles. The second-order valence-corrected chi connectivity index (χ2v) is 9.69. The van der Waals surface area contributed by atoms with E-state index in [1.807, 2.05) is 18.2 Å². The fourth-order valence-corrected chi connectivity index (χ4v) is 5.03. The van der Waals surface area contributed by atoms with Crippen LogP contribution in [-0.4, -0.2) is 52.5 Å². The zero-order valence-corrected chi connectivity index (χ0v) is 21.7. The molecule has 39 heavy (non-hydrogen) atoms. The predicted molar refractivity (Wildman–Crippen MR) is 148 cm³/mol. The van der Waals surface area contributed by atoms with E-state index in [1.165, 1.54) is 12.1 Å². The lowest BCUT2D eigenvalue weighted by Gasteiger charge is -2.30. The molecule has 5 rings (SSSR count). The maximum Gasteiger partial charge on any atom is 0.271 e. The van der Waals surface area contributed by atoms with Crippen molar-refractivity contribution in [2.75, 3.05) is 18.2 Å². The minimum absolute atomic E-state index is 0.0136. The van der Waals surface area contributed by atoms with Crippen molar-refractivity contribution >= 4 is 51.9 Å². The molecule has 3 amide bonds. The SMILES string of the molecule is COc1cccc(NC(=O)CSC2=Nc3ccccc3C3=NC(=O)C(CC(=O)NCc4ccc(F)cc4)N23)c1. The summed E-state index contributed by atoms with van der Waals surface area (Å²) in [7, 11) is 1.55. The van der Waals surface area contributed by atoms with Crippen molar-refractivity contribution in [3.63, 3.8) is 0 Å². The molecule has 2 heterocycles. The molecule has 0 saturated carbocycles. The molecule has 3 aromatic carbocycles. The Labute approximate surface area is 228 Å². The lowest BCUT2D eigenvalue weighted by molar-refractivity contribution is -0.126. The van der Waals surface area contributed by atoms with Crippen LogP contribution in [0.15, 0.2) is 82.8 Å². The highest BCUT2D eigenvalue weighted by molar-refractivity contribution is 8.14. The Morgan fingerprint density at radius 2 is 1.82 bits per heavy atom. The lowest BCUT2D eigenvalue weighted by Crippen LogP contribution is -2.46. The third-order valence-corrected chi connectivity index (χ3v) is 7.03. The number of rotatable bonds is 8. The van der Waals surface area contributed by atoms with Crippen molar-refractivity contribution in [3.05, 3.63) is 89.7 Å². The van der Waals surface area contributed by atoms with E-state index in [9.17, 15) is 18.8 Å².